The number of carboxylic acids is 1. The Balaban J connectivity index is 1.81. The number of hydrogen-bond acceptors (Lipinski definition) is 5. The number of anilines is 3. The van der Waals surface area contributed by atoms with E-state index in [9.17, 15) is 19.1 Å². The number of carbonyl (C=O) groups excluding carboxylic acids is 1. The molecule has 0 bridgehead atoms. The van der Waals surface area contributed by atoms with Gasteiger partial charge in [0.05, 0.1) is 17.0 Å². The van der Waals surface area contributed by atoms with Crippen LogP contribution in [0.25, 0.3) is 11.3 Å². The third kappa shape index (κ3) is 5.50. The zero-order valence-electron chi connectivity index (χ0n) is 19.8. The molecule has 0 saturated heterocycles. The van der Waals surface area contributed by atoms with Crippen molar-refractivity contribution in [2.24, 2.45) is 0 Å². The number of nitrogens with zero attached hydrogens (tertiary/aromatic N) is 2. The summed E-state index contributed by atoms with van der Waals surface area (Å²) in [6.07, 6.45) is 0. The van der Waals surface area contributed by atoms with Crippen LogP contribution in [0.15, 0.2) is 66.7 Å². The molecule has 0 unspecified atom stereocenters. The summed E-state index contributed by atoms with van der Waals surface area (Å²) in [7, 11) is 5.70. The average molecular weight is 475 g/mol. The quantitative estimate of drug-likeness (QED) is 0.421. The van der Waals surface area contributed by atoms with E-state index in [4.69, 9.17) is 0 Å². The topological polar surface area (TPSA) is 84.9 Å². The second kappa shape index (κ2) is 9.99. The van der Waals surface area contributed by atoms with Crippen LogP contribution in [-0.2, 0) is 16.1 Å². The van der Waals surface area contributed by atoms with Crippen molar-refractivity contribution in [1.82, 2.24) is 4.90 Å². The van der Waals surface area contributed by atoms with Gasteiger partial charge < -0.3 is 25.5 Å². The zero-order valence-corrected chi connectivity index (χ0v) is 19.8. The highest BCUT2D eigenvalue weighted by atomic mass is 19.1. The molecule has 180 valence electrons. The molecule has 7 nitrogen and oxygen atoms in total. The van der Waals surface area contributed by atoms with Gasteiger partial charge in [-0.1, -0.05) is 24.3 Å². The van der Waals surface area contributed by atoms with Gasteiger partial charge >= 0.3 is 5.97 Å². The van der Waals surface area contributed by atoms with Crippen molar-refractivity contribution < 1.29 is 19.1 Å². The van der Waals surface area contributed by atoms with E-state index in [-0.39, 0.29) is 12.5 Å². The predicted molar refractivity (Wildman–Crippen MR) is 137 cm³/mol. The largest absolute Gasteiger partial charge is 0.480 e. The monoisotopic (exact) mass is 474 g/mol. The molecule has 0 radical (unpaired) electrons. The van der Waals surface area contributed by atoms with Gasteiger partial charge in [-0.05, 0) is 62.1 Å². The maximum atomic E-state index is 13.8. The lowest BCUT2D eigenvalue weighted by Crippen LogP contribution is -2.25. The molecule has 0 atom stereocenters. The van der Waals surface area contributed by atoms with Crippen molar-refractivity contribution in [3.05, 3.63) is 89.2 Å². The summed E-state index contributed by atoms with van der Waals surface area (Å²) in [4.78, 5) is 28.0. The summed E-state index contributed by atoms with van der Waals surface area (Å²) in [5, 5.41) is 15.3. The average Bonchev–Trinajstić information content (AvgIpc) is 3.12. The standard InChI is InChI=1S/C27H27FN4O3/c1-31(2)15-17-7-10-20(11-8-17)29-26(18-5-4-6-21(13-18)32(3)16-24(33)34)25-22-12-9-19(28)14-23(22)30-27(25)35/h4-14,29H,15-16H2,1-3H3,(H,30,35)(H,33,34)/b26-25-. The first-order chi connectivity index (χ1) is 16.7. The number of hydrogen-bond donors (Lipinski definition) is 3. The van der Waals surface area contributed by atoms with Gasteiger partial charge in [0, 0.05) is 36.1 Å². The number of likely N-dealkylation sites (N-methyl/N-ethyl adjacent to an activating group) is 1. The highest BCUT2D eigenvalue weighted by molar-refractivity contribution is 6.37. The molecule has 0 aromatic heterocycles. The Bertz CT molecular complexity index is 1300. The molecule has 3 N–H and O–H groups in total. The fourth-order valence-electron chi connectivity index (χ4n) is 4.07. The number of halogens is 1. The SMILES string of the molecule is CN(C)Cc1ccc(N/C(=C2\C(=O)Nc3cc(F)ccc32)c2cccc(N(C)CC(=O)O)c2)cc1. The number of aliphatic carboxylic acids is 1. The van der Waals surface area contributed by atoms with Crippen LogP contribution in [0.4, 0.5) is 21.5 Å². The van der Waals surface area contributed by atoms with Crippen LogP contribution in [0, 0.1) is 5.82 Å². The third-order valence-corrected chi connectivity index (χ3v) is 5.65. The number of benzene rings is 3. The third-order valence-electron chi connectivity index (χ3n) is 5.65. The second-order valence-corrected chi connectivity index (χ2v) is 8.75. The Kier molecular flexibility index (Phi) is 6.84. The van der Waals surface area contributed by atoms with Gasteiger partial charge in [-0.15, -0.1) is 0 Å². The lowest BCUT2D eigenvalue weighted by atomic mass is 9.99. The minimum absolute atomic E-state index is 0.168. The van der Waals surface area contributed by atoms with E-state index in [0.29, 0.717) is 33.8 Å². The molecule has 8 heteroatoms. The van der Waals surface area contributed by atoms with Crippen molar-refractivity contribution >= 4 is 40.2 Å². The summed E-state index contributed by atoms with van der Waals surface area (Å²) in [5.74, 6) is -1.73. The summed E-state index contributed by atoms with van der Waals surface area (Å²) in [5.41, 5.74) is 5.23. The lowest BCUT2D eigenvalue weighted by molar-refractivity contribution is -0.135. The lowest BCUT2D eigenvalue weighted by Gasteiger charge is -2.20. The van der Waals surface area contributed by atoms with Crippen LogP contribution in [0.3, 0.4) is 0 Å². The first kappa shape index (κ1) is 24.0. The fraction of sp³-hybridized carbons (Fsp3) is 0.185. The van der Waals surface area contributed by atoms with Crippen molar-refractivity contribution in [3.8, 4) is 0 Å². The van der Waals surface area contributed by atoms with Crippen LogP contribution in [0.1, 0.15) is 16.7 Å². The summed E-state index contributed by atoms with van der Waals surface area (Å²) in [6, 6.07) is 19.4. The molecule has 1 amide bonds. The minimum Gasteiger partial charge on any atom is -0.480 e. The van der Waals surface area contributed by atoms with E-state index in [0.717, 1.165) is 17.8 Å². The number of carboxylic acid groups (broad SMARTS) is 1. The van der Waals surface area contributed by atoms with Gasteiger partial charge in [0.15, 0.2) is 0 Å². The molecule has 3 aromatic carbocycles. The van der Waals surface area contributed by atoms with Gasteiger partial charge in [-0.3, -0.25) is 9.59 Å². The van der Waals surface area contributed by atoms with Crippen LogP contribution in [0.2, 0.25) is 0 Å². The molecule has 3 aromatic rings. The Morgan fingerprint density at radius 1 is 1.03 bits per heavy atom. The smallest absolute Gasteiger partial charge is 0.323 e. The van der Waals surface area contributed by atoms with E-state index >= 15 is 0 Å². The molecular weight excluding hydrogens is 447 g/mol. The van der Waals surface area contributed by atoms with Crippen molar-refractivity contribution in [1.29, 1.82) is 0 Å². The first-order valence-corrected chi connectivity index (χ1v) is 11.1. The van der Waals surface area contributed by atoms with E-state index in [2.05, 4.69) is 15.5 Å². The van der Waals surface area contributed by atoms with Crippen LogP contribution in [-0.4, -0.2) is 49.6 Å². The molecule has 1 heterocycles. The highest BCUT2D eigenvalue weighted by Gasteiger charge is 2.29. The molecule has 1 aliphatic rings. The van der Waals surface area contributed by atoms with Gasteiger partial charge in [0.1, 0.15) is 12.4 Å². The first-order valence-electron chi connectivity index (χ1n) is 11.1. The molecule has 35 heavy (non-hydrogen) atoms. The molecular formula is C27H27FN4O3. The maximum Gasteiger partial charge on any atom is 0.323 e. The van der Waals surface area contributed by atoms with Gasteiger partial charge in [0.25, 0.3) is 5.91 Å². The van der Waals surface area contributed by atoms with Crippen molar-refractivity contribution in [2.75, 3.05) is 43.2 Å². The zero-order chi connectivity index (χ0) is 25.1. The molecule has 0 spiro atoms. The van der Waals surface area contributed by atoms with Gasteiger partial charge in [-0.2, -0.15) is 0 Å². The van der Waals surface area contributed by atoms with Crippen molar-refractivity contribution in [2.45, 2.75) is 6.54 Å². The molecule has 0 fully saturated rings. The molecule has 4 rings (SSSR count). The second-order valence-electron chi connectivity index (χ2n) is 8.75. The number of rotatable bonds is 8. The number of amides is 1. The summed E-state index contributed by atoms with van der Waals surface area (Å²) >= 11 is 0. The summed E-state index contributed by atoms with van der Waals surface area (Å²) < 4.78 is 13.8. The number of nitrogens with one attached hydrogen (secondary N) is 2. The van der Waals surface area contributed by atoms with E-state index in [1.807, 2.05) is 62.6 Å². The predicted octanol–water partition coefficient (Wildman–Crippen LogP) is 4.34. The van der Waals surface area contributed by atoms with Gasteiger partial charge in [-0.25, -0.2) is 4.39 Å². The van der Waals surface area contributed by atoms with Crippen molar-refractivity contribution in [3.63, 3.8) is 0 Å². The number of carbonyl (C=O) groups is 2. The Morgan fingerprint density at radius 2 is 1.77 bits per heavy atom. The molecule has 0 aliphatic carbocycles. The Hall–Kier alpha value is -4.17. The Labute approximate surface area is 203 Å². The van der Waals surface area contributed by atoms with Crippen LogP contribution >= 0.6 is 0 Å². The van der Waals surface area contributed by atoms with E-state index < -0.39 is 11.8 Å². The Morgan fingerprint density at radius 3 is 2.46 bits per heavy atom. The fourth-order valence-corrected chi connectivity index (χ4v) is 4.07. The van der Waals surface area contributed by atoms with Crippen LogP contribution < -0.4 is 15.5 Å². The minimum atomic E-state index is -0.946. The van der Waals surface area contributed by atoms with E-state index in [1.54, 1.807) is 18.0 Å². The molecule has 1 aliphatic heterocycles. The summed E-state index contributed by atoms with van der Waals surface area (Å²) in [6.45, 7) is 0.631. The maximum absolute atomic E-state index is 13.8. The van der Waals surface area contributed by atoms with E-state index in [1.165, 1.54) is 12.1 Å². The van der Waals surface area contributed by atoms with Gasteiger partial charge in [0.2, 0.25) is 0 Å². The molecule has 0 saturated carbocycles. The highest BCUT2D eigenvalue weighted by Crippen LogP contribution is 2.38. The normalized spacial score (nSPS) is 13.9. The van der Waals surface area contributed by atoms with Crippen LogP contribution in [0.5, 0.6) is 0 Å². The number of fused-ring (bicyclic) bond motifs is 1.